The lowest BCUT2D eigenvalue weighted by Crippen LogP contribution is -2.54. The molecule has 2 fully saturated rings. The van der Waals surface area contributed by atoms with Gasteiger partial charge in [0.25, 0.3) is 11.8 Å². The Morgan fingerprint density at radius 3 is 2.42 bits per heavy atom. The summed E-state index contributed by atoms with van der Waals surface area (Å²) in [5.74, 6) is -3.39. The summed E-state index contributed by atoms with van der Waals surface area (Å²) in [6.45, 7) is 1.52. The van der Waals surface area contributed by atoms with Crippen molar-refractivity contribution in [3.8, 4) is 0 Å². The van der Waals surface area contributed by atoms with Gasteiger partial charge in [0.05, 0.1) is 22.2 Å². The van der Waals surface area contributed by atoms with E-state index >= 15 is 0 Å². The molecule has 2 N–H and O–H groups in total. The first-order valence-corrected chi connectivity index (χ1v) is 10.0. The predicted octanol–water partition coefficient (Wildman–Crippen LogP) is 1.83. The molecule has 2 unspecified atom stereocenters. The zero-order valence-electron chi connectivity index (χ0n) is 17.3. The monoisotopic (exact) mass is 461 g/mol. The van der Waals surface area contributed by atoms with Crippen molar-refractivity contribution < 1.29 is 37.1 Å². The molecule has 1 aromatic carbocycles. The van der Waals surface area contributed by atoms with Crippen LogP contribution in [0.4, 0.5) is 13.2 Å². The summed E-state index contributed by atoms with van der Waals surface area (Å²) in [5, 5.41) is 4.62. The Balaban J connectivity index is 1.64. The van der Waals surface area contributed by atoms with Crippen LogP contribution in [0.2, 0.25) is 0 Å². The lowest BCUT2D eigenvalue weighted by Gasteiger charge is -2.29. The Kier molecular flexibility index (Phi) is 5.22. The van der Waals surface area contributed by atoms with Crippen LogP contribution >= 0.6 is 0 Å². The minimum absolute atomic E-state index is 0.00776. The number of hydrogen-bond donors (Lipinski definition) is 2. The number of alkyl halides is 3. The first-order valence-electron chi connectivity index (χ1n) is 10.0. The molecule has 0 saturated carbocycles. The van der Waals surface area contributed by atoms with Crippen LogP contribution in [0.1, 0.15) is 42.1 Å². The van der Waals surface area contributed by atoms with Crippen molar-refractivity contribution in [2.24, 2.45) is 5.41 Å². The van der Waals surface area contributed by atoms with Crippen molar-refractivity contribution in [2.75, 3.05) is 0 Å². The molecule has 0 radical (unpaired) electrons. The molecule has 2 aliphatic heterocycles. The normalized spacial score (nSPS) is 25.3. The molecule has 2 heterocycles. The number of nitrogens with one attached hydrogen (secondary N) is 2. The van der Waals surface area contributed by atoms with E-state index in [2.05, 4.69) is 10.6 Å². The number of piperidine rings is 1. The van der Waals surface area contributed by atoms with Gasteiger partial charge >= 0.3 is 6.18 Å². The molecular formula is C22H18F3N3O5. The molecule has 0 aromatic heterocycles. The van der Waals surface area contributed by atoms with Crippen molar-refractivity contribution in [2.45, 2.75) is 38.4 Å². The number of benzene rings is 1. The molecule has 2 saturated heterocycles. The number of halogens is 3. The second-order valence-electron chi connectivity index (χ2n) is 8.20. The van der Waals surface area contributed by atoms with Gasteiger partial charge in [-0.1, -0.05) is 6.08 Å². The number of fused-ring (bicyclic) bond motifs is 1. The van der Waals surface area contributed by atoms with Crippen LogP contribution in [0.5, 0.6) is 0 Å². The highest BCUT2D eigenvalue weighted by Gasteiger charge is 2.57. The third-order valence-corrected chi connectivity index (χ3v) is 6.00. The molecule has 1 aromatic rings. The molecule has 5 amide bonds. The summed E-state index contributed by atoms with van der Waals surface area (Å²) in [6, 6.07) is 2.40. The summed E-state index contributed by atoms with van der Waals surface area (Å²) in [4.78, 5) is 63.6. The number of hydrogen-bond acceptors (Lipinski definition) is 5. The van der Waals surface area contributed by atoms with Crippen LogP contribution < -0.4 is 10.6 Å². The van der Waals surface area contributed by atoms with Crippen molar-refractivity contribution in [3.63, 3.8) is 0 Å². The number of rotatable bonds is 3. The summed E-state index contributed by atoms with van der Waals surface area (Å²) in [5.41, 5.74) is -2.31. The average molecular weight is 461 g/mol. The summed E-state index contributed by atoms with van der Waals surface area (Å²) >= 11 is 0. The highest BCUT2D eigenvalue weighted by Crippen LogP contribution is 2.46. The summed E-state index contributed by atoms with van der Waals surface area (Å²) in [6.07, 6.45) is -1.41. The lowest BCUT2D eigenvalue weighted by molar-refractivity contribution is -0.152. The van der Waals surface area contributed by atoms with Crippen molar-refractivity contribution in [1.82, 2.24) is 15.5 Å². The van der Waals surface area contributed by atoms with E-state index in [0.29, 0.717) is 0 Å². The number of carbonyl (C=O) groups excluding carboxylic acids is 5. The minimum atomic E-state index is -4.55. The van der Waals surface area contributed by atoms with Gasteiger partial charge in [-0.15, -0.1) is 0 Å². The van der Waals surface area contributed by atoms with E-state index in [1.807, 2.05) is 0 Å². The number of nitrogens with zero attached hydrogens (tertiary/aromatic N) is 1. The molecule has 172 valence electrons. The van der Waals surface area contributed by atoms with E-state index in [4.69, 9.17) is 0 Å². The van der Waals surface area contributed by atoms with Crippen LogP contribution in [-0.4, -0.2) is 40.5 Å². The van der Waals surface area contributed by atoms with Gasteiger partial charge in [0.2, 0.25) is 17.7 Å². The third-order valence-electron chi connectivity index (χ3n) is 6.00. The SMILES string of the molecule is CC12CC=CC(NC(=O)c3ccc(C(F)(F)F)cc3)=C1C(=O)N(C1CCC(=O)NC1=O)C2=O. The van der Waals surface area contributed by atoms with Crippen LogP contribution in [0.25, 0.3) is 0 Å². The molecule has 4 rings (SSSR count). The van der Waals surface area contributed by atoms with Gasteiger partial charge in [-0.2, -0.15) is 13.2 Å². The minimum Gasteiger partial charge on any atom is -0.322 e. The second kappa shape index (κ2) is 7.68. The van der Waals surface area contributed by atoms with Crippen molar-refractivity contribution in [3.05, 3.63) is 58.8 Å². The fraction of sp³-hybridized carbons (Fsp3) is 0.318. The lowest BCUT2D eigenvalue weighted by atomic mass is 9.77. The number of amides is 5. The molecule has 0 spiro atoms. The van der Waals surface area contributed by atoms with Crippen LogP contribution in [0.3, 0.4) is 0 Å². The molecule has 8 nitrogen and oxygen atoms in total. The third kappa shape index (κ3) is 3.73. The smallest absolute Gasteiger partial charge is 0.322 e. The topological polar surface area (TPSA) is 113 Å². The van der Waals surface area contributed by atoms with E-state index in [0.717, 1.165) is 29.2 Å². The maximum absolute atomic E-state index is 13.2. The quantitative estimate of drug-likeness (QED) is 0.667. The predicted molar refractivity (Wildman–Crippen MR) is 106 cm³/mol. The van der Waals surface area contributed by atoms with Gasteiger partial charge < -0.3 is 5.32 Å². The van der Waals surface area contributed by atoms with Gasteiger partial charge in [0, 0.05) is 12.0 Å². The van der Waals surface area contributed by atoms with Crippen molar-refractivity contribution >= 4 is 29.5 Å². The fourth-order valence-electron chi connectivity index (χ4n) is 4.24. The Morgan fingerprint density at radius 1 is 1.15 bits per heavy atom. The molecule has 2 atom stereocenters. The Morgan fingerprint density at radius 2 is 1.82 bits per heavy atom. The first-order chi connectivity index (χ1) is 15.4. The average Bonchev–Trinajstić information content (AvgIpc) is 2.94. The zero-order valence-corrected chi connectivity index (χ0v) is 17.3. The number of likely N-dealkylation sites (tertiary alicyclic amines) is 1. The van der Waals surface area contributed by atoms with Gasteiger partial charge in [-0.05, 0) is 50.1 Å². The van der Waals surface area contributed by atoms with Gasteiger partial charge in [-0.25, -0.2) is 0 Å². The summed E-state index contributed by atoms with van der Waals surface area (Å²) < 4.78 is 38.3. The highest BCUT2D eigenvalue weighted by molar-refractivity contribution is 6.20. The van der Waals surface area contributed by atoms with Gasteiger partial charge in [0.15, 0.2) is 0 Å². The van der Waals surface area contributed by atoms with E-state index in [-0.39, 0.29) is 36.1 Å². The van der Waals surface area contributed by atoms with Crippen LogP contribution in [0, 0.1) is 5.41 Å². The summed E-state index contributed by atoms with van der Waals surface area (Å²) in [7, 11) is 0. The zero-order chi connectivity index (χ0) is 24.1. The standard InChI is InChI=1S/C22H18F3N3O5/c1-21-10-2-3-13(26-17(30)11-4-6-12(7-5-11)22(23,24)25)16(21)19(32)28(20(21)33)14-8-9-15(29)27-18(14)31/h2-7,14H,8-10H2,1H3,(H,26,30)(H,27,29,31). The van der Waals surface area contributed by atoms with Crippen LogP contribution in [-0.2, 0) is 25.4 Å². The Labute approximate surface area is 185 Å². The van der Waals surface area contributed by atoms with E-state index < -0.39 is 52.7 Å². The molecule has 0 bridgehead atoms. The van der Waals surface area contributed by atoms with E-state index in [1.165, 1.54) is 13.0 Å². The van der Waals surface area contributed by atoms with Gasteiger partial charge in [0.1, 0.15) is 6.04 Å². The number of imide groups is 2. The Bertz CT molecular complexity index is 1150. The van der Waals surface area contributed by atoms with Gasteiger partial charge in [-0.3, -0.25) is 34.2 Å². The largest absolute Gasteiger partial charge is 0.416 e. The molecular weight excluding hydrogens is 443 g/mol. The molecule has 1 aliphatic carbocycles. The molecule has 33 heavy (non-hydrogen) atoms. The van der Waals surface area contributed by atoms with E-state index in [9.17, 15) is 37.1 Å². The maximum Gasteiger partial charge on any atom is 0.416 e. The fourth-order valence-corrected chi connectivity index (χ4v) is 4.24. The number of carbonyl (C=O) groups is 5. The Hall–Kier alpha value is -3.76. The molecule has 11 heteroatoms. The molecule has 3 aliphatic rings. The number of allylic oxidation sites excluding steroid dienone is 2. The highest BCUT2D eigenvalue weighted by atomic mass is 19.4. The van der Waals surface area contributed by atoms with E-state index in [1.54, 1.807) is 6.08 Å². The van der Waals surface area contributed by atoms with Crippen LogP contribution in [0.15, 0.2) is 47.7 Å². The maximum atomic E-state index is 13.2. The second-order valence-corrected chi connectivity index (χ2v) is 8.20. The first kappa shape index (κ1) is 22.4. The van der Waals surface area contributed by atoms with Crippen molar-refractivity contribution in [1.29, 1.82) is 0 Å².